The molecule has 0 atom stereocenters. The SMILES string of the molecule is CC(C)(C)c1ccc(-c2nc3ccc(Cl)cn3c2N)cc1. The second-order valence-electron chi connectivity index (χ2n) is 6.25. The molecule has 0 fully saturated rings. The fourth-order valence-electron chi connectivity index (χ4n) is 2.38. The minimum Gasteiger partial charge on any atom is -0.383 e. The van der Waals surface area contributed by atoms with Crippen molar-refractivity contribution >= 4 is 23.1 Å². The van der Waals surface area contributed by atoms with Gasteiger partial charge in [0.2, 0.25) is 0 Å². The van der Waals surface area contributed by atoms with Crippen molar-refractivity contribution in [1.82, 2.24) is 9.38 Å². The molecule has 0 aliphatic rings. The summed E-state index contributed by atoms with van der Waals surface area (Å²) in [5.41, 5.74) is 10.2. The summed E-state index contributed by atoms with van der Waals surface area (Å²) in [6, 6.07) is 12.1. The Labute approximate surface area is 129 Å². The zero-order chi connectivity index (χ0) is 15.2. The first-order valence-corrected chi connectivity index (χ1v) is 7.28. The number of pyridine rings is 1. The number of hydrogen-bond donors (Lipinski definition) is 1. The first kappa shape index (κ1) is 14.0. The van der Waals surface area contributed by atoms with Gasteiger partial charge in [0.15, 0.2) is 0 Å². The zero-order valence-electron chi connectivity index (χ0n) is 12.4. The van der Waals surface area contributed by atoms with Crippen molar-refractivity contribution in [1.29, 1.82) is 0 Å². The maximum atomic E-state index is 6.21. The molecule has 0 amide bonds. The molecule has 0 saturated carbocycles. The molecule has 21 heavy (non-hydrogen) atoms. The highest BCUT2D eigenvalue weighted by atomic mass is 35.5. The predicted molar refractivity (Wildman–Crippen MR) is 88.8 cm³/mol. The monoisotopic (exact) mass is 299 g/mol. The lowest BCUT2D eigenvalue weighted by Gasteiger charge is -2.18. The lowest BCUT2D eigenvalue weighted by molar-refractivity contribution is 0.590. The van der Waals surface area contributed by atoms with E-state index in [1.54, 1.807) is 6.20 Å². The maximum absolute atomic E-state index is 6.21. The fourth-order valence-corrected chi connectivity index (χ4v) is 2.54. The van der Waals surface area contributed by atoms with Gasteiger partial charge in [-0.2, -0.15) is 0 Å². The fraction of sp³-hybridized carbons (Fsp3) is 0.235. The van der Waals surface area contributed by atoms with Gasteiger partial charge in [-0.05, 0) is 23.1 Å². The number of anilines is 1. The first-order chi connectivity index (χ1) is 9.86. The van der Waals surface area contributed by atoms with Crippen molar-refractivity contribution in [2.24, 2.45) is 0 Å². The summed E-state index contributed by atoms with van der Waals surface area (Å²) in [4.78, 5) is 4.59. The molecule has 0 aliphatic heterocycles. The van der Waals surface area contributed by atoms with Crippen LogP contribution in [0.15, 0.2) is 42.6 Å². The van der Waals surface area contributed by atoms with E-state index in [0.717, 1.165) is 16.9 Å². The van der Waals surface area contributed by atoms with Gasteiger partial charge in [0.25, 0.3) is 0 Å². The molecule has 2 heterocycles. The van der Waals surface area contributed by atoms with Crippen LogP contribution in [0.3, 0.4) is 0 Å². The van der Waals surface area contributed by atoms with Crippen molar-refractivity contribution in [3.63, 3.8) is 0 Å². The number of nitrogen functional groups attached to an aromatic ring is 1. The highest BCUT2D eigenvalue weighted by molar-refractivity contribution is 6.30. The molecule has 3 aromatic rings. The number of benzene rings is 1. The van der Waals surface area contributed by atoms with E-state index in [1.165, 1.54) is 5.56 Å². The van der Waals surface area contributed by atoms with Crippen LogP contribution in [0.1, 0.15) is 26.3 Å². The minimum absolute atomic E-state index is 0.135. The molecule has 4 heteroatoms. The van der Waals surface area contributed by atoms with Crippen LogP contribution in [0.25, 0.3) is 16.9 Å². The molecule has 2 N–H and O–H groups in total. The van der Waals surface area contributed by atoms with E-state index in [-0.39, 0.29) is 5.41 Å². The van der Waals surface area contributed by atoms with E-state index in [4.69, 9.17) is 17.3 Å². The van der Waals surface area contributed by atoms with Crippen LogP contribution >= 0.6 is 11.6 Å². The van der Waals surface area contributed by atoms with Gasteiger partial charge in [0.05, 0.1) is 5.02 Å². The van der Waals surface area contributed by atoms with Gasteiger partial charge in [-0.15, -0.1) is 0 Å². The van der Waals surface area contributed by atoms with E-state index < -0.39 is 0 Å². The molecule has 0 bridgehead atoms. The average Bonchev–Trinajstić information content (AvgIpc) is 2.75. The zero-order valence-corrected chi connectivity index (χ0v) is 13.1. The van der Waals surface area contributed by atoms with Crippen LogP contribution in [0.2, 0.25) is 5.02 Å². The maximum Gasteiger partial charge on any atom is 0.139 e. The van der Waals surface area contributed by atoms with Crippen LogP contribution < -0.4 is 5.73 Å². The standard InChI is InChI=1S/C17H18ClN3/c1-17(2,3)12-6-4-11(5-7-12)15-16(19)21-10-13(18)8-9-14(21)20-15/h4-10H,19H2,1-3H3. The first-order valence-electron chi connectivity index (χ1n) is 6.90. The number of aromatic nitrogens is 2. The Hall–Kier alpha value is -2.00. The van der Waals surface area contributed by atoms with Gasteiger partial charge in [-0.25, -0.2) is 4.98 Å². The van der Waals surface area contributed by atoms with E-state index in [9.17, 15) is 0 Å². The third-order valence-corrected chi connectivity index (χ3v) is 3.87. The van der Waals surface area contributed by atoms with E-state index in [0.29, 0.717) is 10.8 Å². The highest BCUT2D eigenvalue weighted by Gasteiger charge is 2.15. The van der Waals surface area contributed by atoms with Gasteiger partial charge in [0, 0.05) is 11.8 Å². The normalized spacial score (nSPS) is 12.0. The van der Waals surface area contributed by atoms with Crippen LogP contribution in [0.4, 0.5) is 5.82 Å². The Morgan fingerprint density at radius 1 is 1.05 bits per heavy atom. The molecule has 0 radical (unpaired) electrons. The summed E-state index contributed by atoms with van der Waals surface area (Å²) in [7, 11) is 0. The van der Waals surface area contributed by atoms with Crippen molar-refractivity contribution in [2.75, 3.05) is 5.73 Å². The Bertz CT molecular complexity index is 795. The number of rotatable bonds is 1. The van der Waals surface area contributed by atoms with Crippen molar-refractivity contribution in [3.8, 4) is 11.3 Å². The van der Waals surface area contributed by atoms with Crippen LogP contribution in [-0.4, -0.2) is 9.38 Å². The molecule has 108 valence electrons. The summed E-state index contributed by atoms with van der Waals surface area (Å²) in [6.45, 7) is 6.59. The summed E-state index contributed by atoms with van der Waals surface area (Å²) in [5.74, 6) is 0.607. The molecule has 1 aromatic carbocycles. The molecule has 3 nitrogen and oxygen atoms in total. The second kappa shape index (κ2) is 4.78. The molecule has 3 rings (SSSR count). The molecular weight excluding hydrogens is 282 g/mol. The Morgan fingerprint density at radius 2 is 1.71 bits per heavy atom. The van der Waals surface area contributed by atoms with Gasteiger partial charge in [-0.1, -0.05) is 56.6 Å². The number of nitrogens with zero attached hydrogens (tertiary/aromatic N) is 2. The lowest BCUT2D eigenvalue weighted by Crippen LogP contribution is -2.10. The van der Waals surface area contributed by atoms with Gasteiger partial charge in [-0.3, -0.25) is 4.40 Å². The van der Waals surface area contributed by atoms with Crippen LogP contribution in [-0.2, 0) is 5.41 Å². The summed E-state index contributed by atoms with van der Waals surface area (Å²) >= 11 is 6.01. The smallest absolute Gasteiger partial charge is 0.139 e. The number of halogens is 1. The van der Waals surface area contributed by atoms with Gasteiger partial charge in [0.1, 0.15) is 17.2 Å². The van der Waals surface area contributed by atoms with E-state index in [1.807, 2.05) is 16.5 Å². The molecule has 0 saturated heterocycles. The summed E-state index contributed by atoms with van der Waals surface area (Å²) in [5, 5.41) is 0.640. The Morgan fingerprint density at radius 3 is 2.33 bits per heavy atom. The number of nitrogens with two attached hydrogens (primary N) is 1. The quantitative estimate of drug-likeness (QED) is 0.717. The lowest BCUT2D eigenvalue weighted by atomic mass is 9.86. The molecule has 2 aromatic heterocycles. The predicted octanol–water partition coefficient (Wildman–Crippen LogP) is 4.53. The average molecular weight is 300 g/mol. The Kier molecular flexibility index (Phi) is 3.18. The van der Waals surface area contributed by atoms with Crippen molar-refractivity contribution in [3.05, 3.63) is 53.2 Å². The van der Waals surface area contributed by atoms with Gasteiger partial charge >= 0.3 is 0 Å². The molecular formula is C17H18ClN3. The Balaban J connectivity index is 2.10. The topological polar surface area (TPSA) is 43.3 Å². The summed E-state index contributed by atoms with van der Waals surface area (Å²) in [6.07, 6.45) is 1.78. The number of fused-ring (bicyclic) bond motifs is 1. The highest BCUT2D eigenvalue weighted by Crippen LogP contribution is 2.30. The molecule has 0 unspecified atom stereocenters. The van der Waals surface area contributed by atoms with E-state index in [2.05, 4.69) is 50.0 Å². The number of imidazole rings is 1. The van der Waals surface area contributed by atoms with Crippen LogP contribution in [0.5, 0.6) is 0 Å². The van der Waals surface area contributed by atoms with Crippen molar-refractivity contribution in [2.45, 2.75) is 26.2 Å². The summed E-state index contributed by atoms with van der Waals surface area (Å²) < 4.78 is 1.81. The largest absolute Gasteiger partial charge is 0.383 e. The third-order valence-electron chi connectivity index (χ3n) is 3.64. The van der Waals surface area contributed by atoms with Gasteiger partial charge < -0.3 is 5.73 Å². The second-order valence-corrected chi connectivity index (χ2v) is 6.68. The minimum atomic E-state index is 0.135. The molecule has 0 spiro atoms. The van der Waals surface area contributed by atoms with Crippen molar-refractivity contribution < 1.29 is 0 Å². The molecule has 0 aliphatic carbocycles. The third kappa shape index (κ3) is 2.49. The number of hydrogen-bond acceptors (Lipinski definition) is 2. The van der Waals surface area contributed by atoms with E-state index >= 15 is 0 Å². The van der Waals surface area contributed by atoms with Crippen LogP contribution in [0, 0.1) is 0 Å².